The van der Waals surface area contributed by atoms with Crippen LogP contribution in [0.4, 0.5) is 11.8 Å². The molecule has 1 fully saturated rings. The Kier molecular flexibility index (Phi) is 4.61. The second-order valence-corrected chi connectivity index (χ2v) is 5.35. The van der Waals surface area contributed by atoms with Gasteiger partial charge in [0, 0.05) is 19.6 Å². The van der Waals surface area contributed by atoms with Crippen LogP contribution < -0.4 is 10.2 Å². The zero-order chi connectivity index (χ0) is 14.3. The van der Waals surface area contributed by atoms with Crippen LogP contribution in [0.1, 0.15) is 24.8 Å². The Balaban J connectivity index is 1.48. The first-order chi connectivity index (χ1) is 10.4. The summed E-state index contributed by atoms with van der Waals surface area (Å²) in [6.45, 7) is 3.01. The van der Waals surface area contributed by atoms with Gasteiger partial charge in [0.1, 0.15) is 0 Å². The Morgan fingerprint density at radius 2 is 1.90 bits per heavy atom. The Labute approximate surface area is 125 Å². The number of benzene rings is 1. The van der Waals surface area contributed by atoms with E-state index in [1.54, 1.807) is 6.20 Å². The molecule has 1 aromatic heterocycles. The molecule has 1 aliphatic heterocycles. The largest absolute Gasteiger partial charge is 0.355 e. The van der Waals surface area contributed by atoms with E-state index >= 15 is 0 Å². The van der Waals surface area contributed by atoms with E-state index in [0.717, 1.165) is 38.3 Å². The monoisotopic (exact) mass is 283 g/mol. The van der Waals surface area contributed by atoms with Crippen LogP contribution in [0, 0.1) is 0 Å². The summed E-state index contributed by atoms with van der Waals surface area (Å²) in [6.07, 6.45) is 6.35. The molecule has 0 spiro atoms. The highest BCUT2D eigenvalue weighted by Crippen LogP contribution is 2.17. The van der Waals surface area contributed by atoms with Crippen molar-refractivity contribution in [2.24, 2.45) is 0 Å². The Hall–Kier alpha value is -2.17. The molecule has 110 valence electrons. The highest BCUT2D eigenvalue weighted by molar-refractivity contribution is 5.40. The van der Waals surface area contributed by atoms with E-state index in [0.29, 0.717) is 5.95 Å². The number of aryl methyl sites for hydroxylation is 1. The number of aromatic nitrogens is 3. The van der Waals surface area contributed by atoms with E-state index in [9.17, 15) is 0 Å². The van der Waals surface area contributed by atoms with Crippen molar-refractivity contribution < 1.29 is 0 Å². The molecule has 0 atom stereocenters. The molecule has 0 aliphatic carbocycles. The van der Waals surface area contributed by atoms with Crippen molar-refractivity contribution in [2.75, 3.05) is 29.9 Å². The Morgan fingerprint density at radius 1 is 1.10 bits per heavy atom. The van der Waals surface area contributed by atoms with Gasteiger partial charge >= 0.3 is 0 Å². The smallest absolute Gasteiger partial charge is 0.244 e. The van der Waals surface area contributed by atoms with E-state index in [2.05, 4.69) is 49.7 Å². The number of hydrogen-bond acceptors (Lipinski definition) is 5. The van der Waals surface area contributed by atoms with E-state index in [1.807, 2.05) is 6.07 Å². The van der Waals surface area contributed by atoms with Crippen molar-refractivity contribution in [1.29, 1.82) is 0 Å². The van der Waals surface area contributed by atoms with Crippen LogP contribution in [0.2, 0.25) is 0 Å². The van der Waals surface area contributed by atoms with Gasteiger partial charge in [0.2, 0.25) is 5.95 Å². The van der Waals surface area contributed by atoms with Crippen LogP contribution in [0.3, 0.4) is 0 Å². The summed E-state index contributed by atoms with van der Waals surface area (Å²) in [4.78, 5) is 6.81. The zero-order valence-electron chi connectivity index (χ0n) is 12.2. The van der Waals surface area contributed by atoms with Crippen LogP contribution in [-0.2, 0) is 6.42 Å². The van der Waals surface area contributed by atoms with Gasteiger partial charge < -0.3 is 10.2 Å². The van der Waals surface area contributed by atoms with Gasteiger partial charge in [0.05, 0.1) is 6.20 Å². The summed E-state index contributed by atoms with van der Waals surface area (Å²) >= 11 is 0. The highest BCUT2D eigenvalue weighted by atomic mass is 15.3. The van der Waals surface area contributed by atoms with E-state index in [1.165, 1.54) is 18.4 Å². The number of nitrogens with zero attached hydrogens (tertiary/aromatic N) is 4. The third kappa shape index (κ3) is 3.90. The molecule has 0 saturated carbocycles. The topological polar surface area (TPSA) is 53.9 Å². The van der Waals surface area contributed by atoms with Crippen molar-refractivity contribution >= 4 is 11.8 Å². The van der Waals surface area contributed by atoms with Crippen LogP contribution in [0.5, 0.6) is 0 Å². The van der Waals surface area contributed by atoms with Gasteiger partial charge in [-0.25, -0.2) is 0 Å². The van der Waals surface area contributed by atoms with Gasteiger partial charge in [0.15, 0.2) is 5.82 Å². The van der Waals surface area contributed by atoms with Crippen molar-refractivity contribution in [2.45, 2.75) is 25.7 Å². The summed E-state index contributed by atoms with van der Waals surface area (Å²) in [7, 11) is 0. The average molecular weight is 283 g/mol. The summed E-state index contributed by atoms with van der Waals surface area (Å²) in [5, 5.41) is 11.4. The van der Waals surface area contributed by atoms with E-state index in [-0.39, 0.29) is 0 Å². The van der Waals surface area contributed by atoms with E-state index < -0.39 is 0 Å². The predicted molar refractivity (Wildman–Crippen MR) is 84.5 cm³/mol. The van der Waals surface area contributed by atoms with Gasteiger partial charge in [-0.05, 0) is 31.2 Å². The maximum Gasteiger partial charge on any atom is 0.244 e. The normalized spacial score (nSPS) is 14.4. The third-order valence-electron chi connectivity index (χ3n) is 3.74. The summed E-state index contributed by atoms with van der Waals surface area (Å²) < 4.78 is 0. The average Bonchev–Trinajstić information content (AvgIpc) is 3.07. The standard InChI is InChI=1S/C16H21N5/c1-2-7-14(8-3-1)9-6-10-17-16-19-15(13-18-20-16)21-11-4-5-12-21/h1-3,7-8,13H,4-6,9-12H2,(H,17,19,20). The lowest BCUT2D eigenvalue weighted by Gasteiger charge is -2.15. The lowest BCUT2D eigenvalue weighted by molar-refractivity contribution is 0.833. The van der Waals surface area contributed by atoms with E-state index in [4.69, 9.17) is 0 Å². The molecule has 2 heterocycles. The van der Waals surface area contributed by atoms with Crippen molar-refractivity contribution in [1.82, 2.24) is 15.2 Å². The minimum Gasteiger partial charge on any atom is -0.355 e. The lowest BCUT2D eigenvalue weighted by Crippen LogP contribution is -2.20. The molecule has 5 heteroatoms. The van der Waals surface area contributed by atoms with Gasteiger partial charge in [-0.2, -0.15) is 10.1 Å². The molecule has 3 rings (SSSR count). The first-order valence-electron chi connectivity index (χ1n) is 7.64. The van der Waals surface area contributed by atoms with Crippen molar-refractivity contribution in [3.8, 4) is 0 Å². The molecular weight excluding hydrogens is 262 g/mol. The number of rotatable bonds is 6. The lowest BCUT2D eigenvalue weighted by atomic mass is 10.1. The van der Waals surface area contributed by atoms with Gasteiger partial charge in [0.25, 0.3) is 0 Å². The Morgan fingerprint density at radius 3 is 2.71 bits per heavy atom. The van der Waals surface area contributed by atoms with Gasteiger partial charge in [-0.3, -0.25) is 0 Å². The van der Waals surface area contributed by atoms with Crippen LogP contribution in [0.25, 0.3) is 0 Å². The first-order valence-corrected chi connectivity index (χ1v) is 7.64. The molecule has 1 aromatic carbocycles. The molecule has 0 bridgehead atoms. The van der Waals surface area contributed by atoms with Gasteiger partial charge in [-0.15, -0.1) is 5.10 Å². The minimum absolute atomic E-state index is 0.632. The molecule has 5 nitrogen and oxygen atoms in total. The summed E-state index contributed by atoms with van der Waals surface area (Å²) in [5.74, 6) is 1.57. The second-order valence-electron chi connectivity index (χ2n) is 5.35. The van der Waals surface area contributed by atoms with Crippen LogP contribution >= 0.6 is 0 Å². The molecule has 21 heavy (non-hydrogen) atoms. The SMILES string of the molecule is c1ccc(CCCNc2nncc(N3CCCC3)n2)cc1. The molecule has 1 saturated heterocycles. The molecule has 1 aliphatic rings. The molecule has 0 unspecified atom stereocenters. The van der Waals surface area contributed by atoms with Crippen molar-refractivity contribution in [3.05, 3.63) is 42.1 Å². The van der Waals surface area contributed by atoms with Crippen LogP contribution in [-0.4, -0.2) is 34.8 Å². The molecule has 2 aromatic rings. The maximum absolute atomic E-state index is 4.54. The summed E-state index contributed by atoms with van der Waals surface area (Å²) in [5.41, 5.74) is 1.36. The molecule has 1 N–H and O–H groups in total. The summed E-state index contributed by atoms with van der Waals surface area (Å²) in [6, 6.07) is 10.5. The van der Waals surface area contributed by atoms with Crippen LogP contribution in [0.15, 0.2) is 36.5 Å². The quantitative estimate of drug-likeness (QED) is 0.826. The molecule has 0 radical (unpaired) electrons. The fourth-order valence-corrected chi connectivity index (χ4v) is 2.61. The first kappa shape index (κ1) is 13.8. The third-order valence-corrected chi connectivity index (χ3v) is 3.74. The number of hydrogen-bond donors (Lipinski definition) is 1. The van der Waals surface area contributed by atoms with Crippen molar-refractivity contribution in [3.63, 3.8) is 0 Å². The maximum atomic E-state index is 4.54. The molecular formula is C16H21N5. The fourth-order valence-electron chi connectivity index (χ4n) is 2.61. The highest BCUT2D eigenvalue weighted by Gasteiger charge is 2.14. The zero-order valence-corrected chi connectivity index (χ0v) is 12.2. The fraction of sp³-hybridized carbons (Fsp3) is 0.438. The number of anilines is 2. The number of nitrogens with one attached hydrogen (secondary N) is 1. The minimum atomic E-state index is 0.632. The second kappa shape index (κ2) is 7.02. The van der Waals surface area contributed by atoms with Gasteiger partial charge in [-0.1, -0.05) is 30.3 Å². The predicted octanol–water partition coefficient (Wildman–Crippen LogP) is 2.52. The Bertz CT molecular complexity index is 552. The molecule has 0 amide bonds.